The van der Waals surface area contributed by atoms with E-state index in [0.717, 1.165) is 0 Å². The second kappa shape index (κ2) is 4.66. The molecule has 0 aromatic heterocycles. The van der Waals surface area contributed by atoms with Gasteiger partial charge >= 0.3 is 0 Å². The Morgan fingerprint density at radius 2 is 1.89 bits per heavy atom. The lowest BCUT2D eigenvalue weighted by Gasteiger charge is -2.09. The highest BCUT2D eigenvalue weighted by atomic mass is 35.5. The zero-order valence-electron chi connectivity index (χ0n) is 9.64. The Kier molecular flexibility index (Phi) is 3.21. The molecule has 0 atom stereocenters. The second-order valence-electron chi connectivity index (χ2n) is 3.89. The number of aromatic hydroxyl groups is 1. The Bertz CT molecular complexity index is 598. The van der Waals surface area contributed by atoms with E-state index < -0.39 is 0 Å². The lowest BCUT2D eigenvalue weighted by molar-refractivity contribution is -0.110. The number of benzene rings is 1. The van der Waals surface area contributed by atoms with E-state index in [1.54, 1.807) is 25.1 Å². The van der Waals surface area contributed by atoms with Gasteiger partial charge < -0.3 is 10.8 Å². The fraction of sp³-hybridized carbons (Fsp3) is 0.0769. The number of rotatable bonds is 1. The van der Waals surface area contributed by atoms with Crippen LogP contribution in [0, 0.1) is 6.92 Å². The van der Waals surface area contributed by atoms with Crippen molar-refractivity contribution in [3.63, 3.8) is 0 Å². The zero-order valence-corrected chi connectivity index (χ0v) is 10.4. The van der Waals surface area contributed by atoms with E-state index in [-0.39, 0.29) is 22.2 Å². The molecule has 1 aromatic carbocycles. The number of nitrogen functional groups attached to an aromatic ring is 1. The topological polar surface area (TPSA) is 75.7 Å². The molecule has 0 heterocycles. The monoisotopic (exact) mass is 262 g/mol. The van der Waals surface area contributed by atoms with Crippen molar-refractivity contribution in [2.75, 3.05) is 5.73 Å². The van der Waals surface area contributed by atoms with Crippen molar-refractivity contribution in [1.82, 2.24) is 0 Å². The number of nitrogens with two attached hydrogens (primary N) is 1. The summed E-state index contributed by atoms with van der Waals surface area (Å²) in [5, 5.41) is 9.71. The first kappa shape index (κ1) is 12.4. The minimum absolute atomic E-state index is 0.0389. The summed E-state index contributed by atoms with van der Waals surface area (Å²) in [5.74, 6) is -0.120. The molecule has 0 aliphatic heterocycles. The fourth-order valence-corrected chi connectivity index (χ4v) is 1.76. The highest BCUT2D eigenvalue weighted by Crippen LogP contribution is 2.39. The maximum Gasteiger partial charge on any atom is 0.178 e. The number of aliphatic imine (C=N–C) groups is 1. The summed E-state index contributed by atoms with van der Waals surface area (Å²) in [6.07, 6.45) is 6.03. The molecular weight excluding hydrogens is 252 g/mol. The summed E-state index contributed by atoms with van der Waals surface area (Å²) in [6.45, 7) is 1.71. The smallest absolute Gasteiger partial charge is 0.178 e. The number of phenolic OH excluding ortho intramolecular Hbond substituents is 1. The number of hydrogen-bond acceptors (Lipinski definition) is 4. The fourth-order valence-electron chi connectivity index (χ4n) is 1.52. The van der Waals surface area contributed by atoms with Crippen molar-refractivity contribution in [3.05, 3.63) is 41.0 Å². The summed E-state index contributed by atoms with van der Waals surface area (Å²) in [5.41, 5.74) is 7.65. The van der Waals surface area contributed by atoms with Crippen LogP contribution in [0.1, 0.15) is 5.56 Å². The number of carbonyl (C=O) groups excluding carboxylic acids is 1. The number of carbonyl (C=O) groups is 1. The standard InChI is InChI=1S/C13H11ClN2O2/c1-7-6-10(12(15)11(14)13(7)18)16-8-2-4-9(17)5-3-8/h2-6,18H,15H2,1H3. The molecule has 0 saturated heterocycles. The Balaban J connectivity index is 2.48. The van der Waals surface area contributed by atoms with Crippen LogP contribution in [0.2, 0.25) is 5.02 Å². The van der Waals surface area contributed by atoms with Crippen LogP contribution in [0.25, 0.3) is 0 Å². The molecule has 0 amide bonds. The van der Waals surface area contributed by atoms with Gasteiger partial charge in [0.25, 0.3) is 0 Å². The van der Waals surface area contributed by atoms with Gasteiger partial charge in [-0.2, -0.15) is 0 Å². The van der Waals surface area contributed by atoms with E-state index in [1.165, 1.54) is 12.2 Å². The molecule has 1 aromatic rings. The highest BCUT2D eigenvalue weighted by molar-refractivity contribution is 6.35. The third-order valence-corrected chi connectivity index (χ3v) is 2.92. The first-order chi connectivity index (χ1) is 8.49. The highest BCUT2D eigenvalue weighted by Gasteiger charge is 2.11. The molecule has 18 heavy (non-hydrogen) atoms. The van der Waals surface area contributed by atoms with E-state index in [0.29, 0.717) is 17.0 Å². The van der Waals surface area contributed by atoms with Crippen molar-refractivity contribution < 1.29 is 9.90 Å². The molecule has 1 aliphatic rings. The number of ketones is 1. The molecule has 2 rings (SSSR count). The van der Waals surface area contributed by atoms with Crippen molar-refractivity contribution >= 4 is 34.5 Å². The van der Waals surface area contributed by atoms with Gasteiger partial charge in [0.05, 0.1) is 17.1 Å². The number of allylic oxidation sites excluding steroid dienone is 4. The molecule has 0 fully saturated rings. The summed E-state index contributed by atoms with van der Waals surface area (Å²) in [7, 11) is 0. The first-order valence-corrected chi connectivity index (χ1v) is 5.63. The molecule has 4 nitrogen and oxygen atoms in total. The Morgan fingerprint density at radius 3 is 2.50 bits per heavy atom. The number of nitrogens with zero attached hydrogens (tertiary/aromatic N) is 1. The van der Waals surface area contributed by atoms with E-state index in [9.17, 15) is 9.90 Å². The van der Waals surface area contributed by atoms with Crippen LogP contribution in [0.3, 0.4) is 0 Å². The molecule has 0 spiro atoms. The average molecular weight is 263 g/mol. The van der Waals surface area contributed by atoms with E-state index in [4.69, 9.17) is 17.3 Å². The van der Waals surface area contributed by atoms with Crippen molar-refractivity contribution in [3.8, 4) is 5.75 Å². The van der Waals surface area contributed by atoms with Crippen molar-refractivity contribution in [1.29, 1.82) is 0 Å². The number of anilines is 1. The molecule has 3 N–H and O–H groups in total. The molecule has 5 heteroatoms. The second-order valence-corrected chi connectivity index (χ2v) is 4.27. The molecule has 1 aliphatic carbocycles. The average Bonchev–Trinajstić information content (AvgIpc) is 2.36. The van der Waals surface area contributed by atoms with Crippen LogP contribution in [0.4, 0.5) is 11.4 Å². The lowest BCUT2D eigenvalue weighted by Crippen LogP contribution is -1.99. The van der Waals surface area contributed by atoms with Gasteiger partial charge in [-0.25, -0.2) is 4.99 Å². The minimum Gasteiger partial charge on any atom is -0.506 e. The van der Waals surface area contributed by atoms with Crippen LogP contribution in [0.15, 0.2) is 35.4 Å². The van der Waals surface area contributed by atoms with Crippen molar-refractivity contribution in [2.45, 2.75) is 6.92 Å². The van der Waals surface area contributed by atoms with Crippen LogP contribution in [-0.4, -0.2) is 16.6 Å². The van der Waals surface area contributed by atoms with Gasteiger partial charge in [0, 0.05) is 0 Å². The number of phenols is 1. The molecule has 92 valence electrons. The van der Waals surface area contributed by atoms with Crippen molar-refractivity contribution in [2.24, 2.45) is 4.99 Å². The normalized spacial score (nSPS) is 14.1. The van der Waals surface area contributed by atoms with Gasteiger partial charge in [-0.3, -0.25) is 4.79 Å². The summed E-state index contributed by atoms with van der Waals surface area (Å²) in [4.78, 5) is 15.3. The van der Waals surface area contributed by atoms with Gasteiger partial charge in [-0.15, -0.1) is 0 Å². The molecule has 0 saturated carbocycles. The molecule has 0 radical (unpaired) electrons. The molecule has 0 unspecified atom stereocenters. The third kappa shape index (κ3) is 2.28. The van der Waals surface area contributed by atoms with Crippen LogP contribution < -0.4 is 5.73 Å². The number of aryl methyl sites for hydroxylation is 1. The van der Waals surface area contributed by atoms with Crippen LogP contribution in [0.5, 0.6) is 5.75 Å². The largest absolute Gasteiger partial charge is 0.506 e. The minimum atomic E-state index is -0.0816. The van der Waals surface area contributed by atoms with Gasteiger partial charge in [0.2, 0.25) is 0 Å². The summed E-state index contributed by atoms with van der Waals surface area (Å²) in [6, 6.07) is 1.64. The van der Waals surface area contributed by atoms with Crippen LogP contribution in [-0.2, 0) is 4.79 Å². The maximum atomic E-state index is 11.0. The van der Waals surface area contributed by atoms with E-state index >= 15 is 0 Å². The Labute approximate surface area is 109 Å². The Morgan fingerprint density at radius 1 is 1.28 bits per heavy atom. The summed E-state index contributed by atoms with van der Waals surface area (Å²) < 4.78 is 0. The quantitative estimate of drug-likeness (QED) is 0.603. The summed E-state index contributed by atoms with van der Waals surface area (Å²) >= 11 is 5.89. The molecule has 0 bridgehead atoms. The molecular formula is C13H11ClN2O2. The first-order valence-electron chi connectivity index (χ1n) is 5.25. The van der Waals surface area contributed by atoms with Gasteiger partial charge in [0.15, 0.2) is 5.78 Å². The number of hydrogen-bond donors (Lipinski definition) is 2. The third-order valence-electron chi connectivity index (χ3n) is 2.53. The van der Waals surface area contributed by atoms with Gasteiger partial charge in [-0.05, 0) is 42.9 Å². The Hall–Kier alpha value is -2.07. The predicted octanol–water partition coefficient (Wildman–Crippen LogP) is 2.70. The predicted molar refractivity (Wildman–Crippen MR) is 72.6 cm³/mol. The lowest BCUT2D eigenvalue weighted by atomic mass is 10.1. The number of halogens is 1. The SMILES string of the molecule is Cc1cc(N=C2C=CC(=O)C=C2)c(N)c(Cl)c1O. The zero-order chi connectivity index (χ0) is 13.3. The van der Waals surface area contributed by atoms with Crippen LogP contribution >= 0.6 is 11.6 Å². The van der Waals surface area contributed by atoms with E-state index in [1.807, 2.05) is 0 Å². The maximum absolute atomic E-state index is 11.0. The van der Waals surface area contributed by atoms with E-state index in [2.05, 4.69) is 4.99 Å². The van der Waals surface area contributed by atoms with Gasteiger partial charge in [0.1, 0.15) is 10.8 Å². The van der Waals surface area contributed by atoms with Gasteiger partial charge in [-0.1, -0.05) is 11.6 Å².